The molecule has 0 saturated heterocycles. The Balaban J connectivity index is 1.83. The van der Waals surface area contributed by atoms with Gasteiger partial charge in [-0.05, 0) is 48.9 Å². The first-order valence-electron chi connectivity index (χ1n) is 8.95. The molecule has 1 aromatic heterocycles. The van der Waals surface area contributed by atoms with E-state index in [1.807, 2.05) is 24.3 Å². The summed E-state index contributed by atoms with van der Waals surface area (Å²) in [6, 6.07) is 18.6. The van der Waals surface area contributed by atoms with Crippen molar-refractivity contribution in [2.75, 3.05) is 10.8 Å². The van der Waals surface area contributed by atoms with Crippen LogP contribution in [0.1, 0.15) is 12.5 Å². The minimum atomic E-state index is -3.97. The number of pyridine rings is 1. The van der Waals surface area contributed by atoms with Crippen LogP contribution < -0.4 is 9.73 Å². The first-order valence-corrected chi connectivity index (χ1v) is 11.2. The van der Waals surface area contributed by atoms with Crippen LogP contribution in [-0.2, 0) is 14.8 Å². The molecule has 0 fully saturated rings. The number of anilines is 1. The van der Waals surface area contributed by atoms with Crippen LogP contribution in [0, 0.1) is 0 Å². The maximum absolute atomic E-state index is 13.1. The number of carbonyl (C=O) groups excluding carboxylic acids is 1. The molecule has 9 heteroatoms. The van der Waals surface area contributed by atoms with E-state index in [1.165, 1.54) is 24.5 Å². The summed E-state index contributed by atoms with van der Waals surface area (Å²) in [6.07, 6.45) is 2.92. The van der Waals surface area contributed by atoms with Crippen molar-refractivity contribution < 1.29 is 13.2 Å². The summed E-state index contributed by atoms with van der Waals surface area (Å²) < 4.78 is 28.2. The second kappa shape index (κ2) is 9.64. The molecule has 0 aliphatic carbocycles. The number of benzene rings is 2. The molecule has 0 radical (unpaired) electrons. The van der Waals surface area contributed by atoms with Gasteiger partial charge < -0.3 is 0 Å². The molecule has 0 unspecified atom stereocenters. The number of sulfonamides is 1. The minimum absolute atomic E-state index is 0.0791. The molecule has 7 nitrogen and oxygen atoms in total. The predicted molar refractivity (Wildman–Crippen MR) is 120 cm³/mol. The summed E-state index contributed by atoms with van der Waals surface area (Å²) in [5.74, 6) is -0.576. The summed E-state index contributed by atoms with van der Waals surface area (Å²) in [6.45, 7) is 1.31. The maximum atomic E-state index is 13.1. The molecule has 0 bridgehead atoms. The van der Waals surface area contributed by atoms with Crippen LogP contribution in [0.4, 0.5) is 5.69 Å². The van der Waals surface area contributed by atoms with E-state index in [-0.39, 0.29) is 10.6 Å². The van der Waals surface area contributed by atoms with Gasteiger partial charge in [-0.2, -0.15) is 5.10 Å². The number of aromatic nitrogens is 1. The first kappa shape index (κ1) is 21.7. The van der Waals surface area contributed by atoms with Crippen molar-refractivity contribution in [3.63, 3.8) is 0 Å². The van der Waals surface area contributed by atoms with E-state index >= 15 is 0 Å². The number of carbonyl (C=O) groups is 1. The summed E-state index contributed by atoms with van der Waals surface area (Å²) in [4.78, 5) is 16.6. The van der Waals surface area contributed by atoms with E-state index in [4.69, 9.17) is 0 Å². The van der Waals surface area contributed by atoms with Gasteiger partial charge in [0, 0.05) is 10.7 Å². The van der Waals surface area contributed by atoms with Gasteiger partial charge in [-0.3, -0.25) is 14.1 Å². The van der Waals surface area contributed by atoms with Crippen molar-refractivity contribution in [1.82, 2.24) is 10.4 Å². The highest BCUT2D eigenvalue weighted by Gasteiger charge is 2.27. The average molecular weight is 487 g/mol. The largest absolute Gasteiger partial charge is 0.271 e. The van der Waals surface area contributed by atoms with Crippen LogP contribution in [-0.4, -0.2) is 31.6 Å². The molecule has 1 heterocycles. The fourth-order valence-electron chi connectivity index (χ4n) is 2.63. The molecule has 1 N–H and O–H groups in total. The lowest BCUT2D eigenvalue weighted by molar-refractivity contribution is -0.119. The number of halogens is 1. The number of hydrogen-bond donors (Lipinski definition) is 1. The number of amides is 1. The fraction of sp³-hybridized carbons (Fsp3) is 0.0952. The highest BCUT2D eigenvalue weighted by atomic mass is 79.9. The number of rotatable bonds is 7. The van der Waals surface area contributed by atoms with Crippen LogP contribution in [0.25, 0.3) is 0 Å². The molecule has 2 aromatic carbocycles. The van der Waals surface area contributed by atoms with Crippen LogP contribution in [0.15, 0.2) is 93.6 Å². The van der Waals surface area contributed by atoms with Gasteiger partial charge in [-0.25, -0.2) is 13.8 Å². The predicted octanol–water partition coefficient (Wildman–Crippen LogP) is 3.58. The lowest BCUT2D eigenvalue weighted by Gasteiger charge is -2.23. The number of nitrogens with zero attached hydrogens (tertiary/aromatic N) is 3. The first-order chi connectivity index (χ1) is 14.4. The minimum Gasteiger partial charge on any atom is -0.271 e. The van der Waals surface area contributed by atoms with Crippen LogP contribution in [0.3, 0.4) is 0 Å². The summed E-state index contributed by atoms with van der Waals surface area (Å²) in [7, 11) is -3.97. The van der Waals surface area contributed by atoms with Crippen LogP contribution >= 0.6 is 15.9 Å². The monoisotopic (exact) mass is 486 g/mol. The maximum Gasteiger partial charge on any atom is 0.264 e. The lowest BCUT2D eigenvalue weighted by atomic mass is 10.1. The second-order valence-electron chi connectivity index (χ2n) is 6.28. The summed E-state index contributed by atoms with van der Waals surface area (Å²) in [5.41, 5.74) is 4.12. The molecule has 1 amide bonds. The fourth-order valence-corrected chi connectivity index (χ4v) is 4.45. The standard InChI is InChI=1S/C21H19BrN4O3S/c1-16(17-7-5-8-18(22)13-17)24-25-21(27)15-26(19-9-6-12-23-14-19)30(28,29)20-10-3-2-4-11-20/h2-14H,15H2,1H3,(H,25,27)/b24-16-. The molecule has 0 spiro atoms. The van der Waals surface area contributed by atoms with Crippen molar-refractivity contribution in [2.24, 2.45) is 5.10 Å². The Kier molecular flexibility index (Phi) is 6.96. The molecule has 3 rings (SSSR count). The van der Waals surface area contributed by atoms with Gasteiger partial charge in [0.2, 0.25) is 0 Å². The molecular weight excluding hydrogens is 468 g/mol. The highest BCUT2D eigenvalue weighted by molar-refractivity contribution is 9.10. The van der Waals surface area contributed by atoms with E-state index in [0.717, 1.165) is 14.3 Å². The molecular formula is C21H19BrN4O3S. The zero-order valence-electron chi connectivity index (χ0n) is 16.1. The summed E-state index contributed by atoms with van der Waals surface area (Å²) in [5, 5.41) is 4.10. The Hall–Kier alpha value is -3.04. The second-order valence-corrected chi connectivity index (χ2v) is 9.06. The van der Waals surface area contributed by atoms with Crippen molar-refractivity contribution in [3.05, 3.63) is 89.2 Å². The highest BCUT2D eigenvalue weighted by Crippen LogP contribution is 2.22. The SMILES string of the molecule is C/C(=N/NC(=O)CN(c1cccnc1)S(=O)(=O)c1ccccc1)c1cccc(Br)c1. The molecule has 0 aliphatic heterocycles. The smallest absolute Gasteiger partial charge is 0.264 e. The van der Waals surface area contributed by atoms with Crippen molar-refractivity contribution in [1.29, 1.82) is 0 Å². The molecule has 0 aliphatic rings. The van der Waals surface area contributed by atoms with Gasteiger partial charge >= 0.3 is 0 Å². The third kappa shape index (κ3) is 5.31. The topological polar surface area (TPSA) is 91.7 Å². The van der Waals surface area contributed by atoms with E-state index < -0.39 is 22.5 Å². The number of hydrogen-bond acceptors (Lipinski definition) is 5. The van der Waals surface area contributed by atoms with Gasteiger partial charge in [0.15, 0.2) is 0 Å². The molecule has 0 saturated carbocycles. The molecule has 0 atom stereocenters. The molecule has 30 heavy (non-hydrogen) atoms. The van der Waals surface area contributed by atoms with Gasteiger partial charge in [0.05, 0.1) is 22.5 Å². The Morgan fingerprint density at radius 2 is 1.87 bits per heavy atom. The van der Waals surface area contributed by atoms with Gasteiger partial charge in [-0.15, -0.1) is 0 Å². The zero-order chi connectivity index (χ0) is 21.6. The normalized spacial score (nSPS) is 11.7. The summed E-state index contributed by atoms with van der Waals surface area (Å²) >= 11 is 3.39. The van der Waals surface area contributed by atoms with Crippen molar-refractivity contribution in [3.8, 4) is 0 Å². The van der Waals surface area contributed by atoms with Crippen molar-refractivity contribution in [2.45, 2.75) is 11.8 Å². The number of hydrazone groups is 1. The molecule has 3 aromatic rings. The van der Waals surface area contributed by atoms with E-state index in [2.05, 4.69) is 31.4 Å². The average Bonchev–Trinajstić information content (AvgIpc) is 2.77. The Morgan fingerprint density at radius 3 is 2.53 bits per heavy atom. The number of nitrogens with one attached hydrogen (secondary N) is 1. The van der Waals surface area contributed by atoms with Crippen molar-refractivity contribution >= 4 is 43.3 Å². The van der Waals surface area contributed by atoms with Crippen LogP contribution in [0.2, 0.25) is 0 Å². The third-order valence-corrected chi connectivity index (χ3v) is 6.42. The Bertz CT molecular complexity index is 1150. The van der Waals surface area contributed by atoms with E-state index in [9.17, 15) is 13.2 Å². The Morgan fingerprint density at radius 1 is 1.10 bits per heavy atom. The zero-order valence-corrected chi connectivity index (χ0v) is 18.5. The van der Waals surface area contributed by atoms with Gasteiger partial charge in [0.25, 0.3) is 15.9 Å². The van der Waals surface area contributed by atoms with E-state index in [0.29, 0.717) is 5.71 Å². The van der Waals surface area contributed by atoms with Crippen LogP contribution in [0.5, 0.6) is 0 Å². The van der Waals surface area contributed by atoms with Gasteiger partial charge in [0.1, 0.15) is 6.54 Å². The van der Waals surface area contributed by atoms with E-state index in [1.54, 1.807) is 37.3 Å². The third-order valence-electron chi connectivity index (χ3n) is 4.14. The lowest BCUT2D eigenvalue weighted by Crippen LogP contribution is -2.39. The Labute approximate surface area is 183 Å². The molecule has 154 valence electrons. The van der Waals surface area contributed by atoms with Gasteiger partial charge in [-0.1, -0.05) is 46.3 Å². The quantitative estimate of drug-likeness (QED) is 0.408.